The average Bonchev–Trinajstić information content (AvgIpc) is 2.59. The Morgan fingerprint density at radius 3 is 2.93 bits per heavy atom. The van der Waals surface area contributed by atoms with Crippen LogP contribution in [0, 0.1) is 0 Å². The first-order chi connectivity index (χ1) is 6.70. The van der Waals surface area contributed by atoms with E-state index >= 15 is 0 Å². The Bertz CT molecular complexity index is 448. The van der Waals surface area contributed by atoms with Crippen LogP contribution in [0.4, 0.5) is 0 Å². The van der Waals surface area contributed by atoms with Crippen molar-refractivity contribution in [2.75, 3.05) is 7.11 Å². The Morgan fingerprint density at radius 1 is 1.50 bits per heavy atom. The molecule has 2 N–H and O–H groups in total. The van der Waals surface area contributed by atoms with Crippen LogP contribution in [-0.2, 0) is 0 Å². The monoisotopic (exact) mass is 192 g/mol. The number of nitrogens with zero attached hydrogens (tertiary/aromatic N) is 1. The molecule has 2 heterocycles. The highest BCUT2D eigenvalue weighted by molar-refractivity contribution is 5.80. The molecule has 0 aromatic carbocycles. The number of aromatic amines is 1. The molecular formula is C10H12N2O2. The van der Waals surface area contributed by atoms with E-state index in [2.05, 4.69) is 9.97 Å². The standard InChI is InChI=1S/C10H12N2O2/c1-6(13)8-3-7-4-10(14-2)11-5-9(7)12-8/h3-6,12-13H,1-2H3. The minimum atomic E-state index is -0.492. The number of rotatable bonds is 2. The molecule has 0 saturated heterocycles. The van der Waals surface area contributed by atoms with Crippen LogP contribution in [0.25, 0.3) is 10.9 Å². The quantitative estimate of drug-likeness (QED) is 0.760. The first kappa shape index (κ1) is 9.02. The highest BCUT2D eigenvalue weighted by atomic mass is 16.5. The van der Waals surface area contributed by atoms with Gasteiger partial charge in [0.2, 0.25) is 5.88 Å². The van der Waals surface area contributed by atoms with Gasteiger partial charge in [-0.05, 0) is 13.0 Å². The van der Waals surface area contributed by atoms with Crippen molar-refractivity contribution in [1.29, 1.82) is 0 Å². The summed E-state index contributed by atoms with van der Waals surface area (Å²) in [5.41, 5.74) is 1.69. The zero-order chi connectivity index (χ0) is 10.1. The van der Waals surface area contributed by atoms with E-state index in [0.717, 1.165) is 16.6 Å². The van der Waals surface area contributed by atoms with E-state index in [1.165, 1.54) is 0 Å². The van der Waals surface area contributed by atoms with Gasteiger partial charge < -0.3 is 14.8 Å². The molecule has 0 aliphatic carbocycles. The van der Waals surface area contributed by atoms with Crippen LogP contribution in [0.15, 0.2) is 18.3 Å². The van der Waals surface area contributed by atoms with Crippen molar-refractivity contribution in [1.82, 2.24) is 9.97 Å². The van der Waals surface area contributed by atoms with Gasteiger partial charge in [0, 0.05) is 17.1 Å². The Kier molecular flexibility index (Phi) is 2.13. The van der Waals surface area contributed by atoms with Crippen LogP contribution in [0.5, 0.6) is 5.88 Å². The molecule has 1 unspecified atom stereocenters. The lowest BCUT2D eigenvalue weighted by molar-refractivity contribution is 0.195. The number of aliphatic hydroxyl groups is 1. The minimum absolute atomic E-state index is 0.492. The van der Waals surface area contributed by atoms with E-state index in [9.17, 15) is 5.11 Å². The first-order valence-corrected chi connectivity index (χ1v) is 4.41. The van der Waals surface area contributed by atoms with E-state index < -0.39 is 6.10 Å². The molecule has 0 aliphatic heterocycles. The first-order valence-electron chi connectivity index (χ1n) is 4.41. The number of aromatic nitrogens is 2. The van der Waals surface area contributed by atoms with Gasteiger partial charge in [-0.25, -0.2) is 4.98 Å². The summed E-state index contributed by atoms with van der Waals surface area (Å²) in [5.74, 6) is 0.577. The summed E-state index contributed by atoms with van der Waals surface area (Å²) < 4.78 is 5.00. The number of H-pyrrole nitrogens is 1. The second-order valence-corrected chi connectivity index (χ2v) is 3.21. The lowest BCUT2D eigenvalue weighted by Gasteiger charge is -1.97. The molecule has 0 amide bonds. The zero-order valence-electron chi connectivity index (χ0n) is 8.11. The molecule has 2 aromatic rings. The lowest BCUT2D eigenvalue weighted by Crippen LogP contribution is -1.89. The number of methoxy groups -OCH3 is 1. The molecule has 14 heavy (non-hydrogen) atoms. The lowest BCUT2D eigenvalue weighted by atomic mass is 10.2. The second kappa shape index (κ2) is 3.31. The average molecular weight is 192 g/mol. The third kappa shape index (κ3) is 1.44. The van der Waals surface area contributed by atoms with E-state index in [1.54, 1.807) is 20.2 Å². The fourth-order valence-corrected chi connectivity index (χ4v) is 1.37. The zero-order valence-corrected chi connectivity index (χ0v) is 8.11. The summed E-state index contributed by atoms with van der Waals surface area (Å²) in [7, 11) is 1.58. The van der Waals surface area contributed by atoms with Gasteiger partial charge in [-0.3, -0.25) is 0 Å². The number of hydrogen-bond acceptors (Lipinski definition) is 3. The number of hydrogen-bond donors (Lipinski definition) is 2. The predicted molar refractivity (Wildman–Crippen MR) is 53.3 cm³/mol. The number of aliphatic hydroxyl groups excluding tert-OH is 1. The molecule has 0 radical (unpaired) electrons. The van der Waals surface area contributed by atoms with Crippen LogP contribution < -0.4 is 4.74 Å². The molecule has 0 fully saturated rings. The predicted octanol–water partition coefficient (Wildman–Crippen LogP) is 1.62. The molecule has 0 spiro atoms. The highest BCUT2D eigenvalue weighted by Gasteiger charge is 2.06. The molecule has 0 aliphatic rings. The summed E-state index contributed by atoms with van der Waals surface area (Å²) in [4.78, 5) is 7.14. The topological polar surface area (TPSA) is 58.1 Å². The van der Waals surface area contributed by atoms with Crippen molar-refractivity contribution in [3.63, 3.8) is 0 Å². The van der Waals surface area contributed by atoms with Crippen LogP contribution in [0.1, 0.15) is 18.7 Å². The summed E-state index contributed by atoms with van der Waals surface area (Å²) in [6.45, 7) is 1.72. The smallest absolute Gasteiger partial charge is 0.213 e. The van der Waals surface area contributed by atoms with Crippen molar-refractivity contribution >= 4 is 10.9 Å². The maximum Gasteiger partial charge on any atom is 0.213 e. The van der Waals surface area contributed by atoms with Crippen LogP contribution in [0.3, 0.4) is 0 Å². The van der Waals surface area contributed by atoms with Crippen molar-refractivity contribution in [2.45, 2.75) is 13.0 Å². The third-order valence-electron chi connectivity index (χ3n) is 2.16. The van der Waals surface area contributed by atoms with Gasteiger partial charge in [0.05, 0.1) is 24.9 Å². The maximum atomic E-state index is 9.37. The Balaban J connectivity index is 2.54. The second-order valence-electron chi connectivity index (χ2n) is 3.21. The molecule has 1 atom stereocenters. The van der Waals surface area contributed by atoms with Crippen LogP contribution >= 0.6 is 0 Å². The Hall–Kier alpha value is -1.55. The van der Waals surface area contributed by atoms with Gasteiger partial charge in [-0.1, -0.05) is 0 Å². The van der Waals surface area contributed by atoms with Gasteiger partial charge in [-0.15, -0.1) is 0 Å². The molecule has 4 nitrogen and oxygen atoms in total. The van der Waals surface area contributed by atoms with E-state index in [0.29, 0.717) is 5.88 Å². The summed E-state index contributed by atoms with van der Waals surface area (Å²) in [5, 5.41) is 10.4. The van der Waals surface area contributed by atoms with E-state index in [-0.39, 0.29) is 0 Å². The highest BCUT2D eigenvalue weighted by Crippen LogP contribution is 2.21. The Labute approximate surface area is 81.5 Å². The van der Waals surface area contributed by atoms with Crippen molar-refractivity contribution in [2.24, 2.45) is 0 Å². The molecule has 74 valence electrons. The summed E-state index contributed by atoms with van der Waals surface area (Å²) >= 11 is 0. The molecule has 2 aromatic heterocycles. The van der Waals surface area contributed by atoms with Gasteiger partial charge in [0.15, 0.2) is 0 Å². The fraction of sp³-hybridized carbons (Fsp3) is 0.300. The molecular weight excluding hydrogens is 180 g/mol. The van der Waals surface area contributed by atoms with Gasteiger partial charge in [0.1, 0.15) is 0 Å². The maximum absolute atomic E-state index is 9.37. The number of pyridine rings is 1. The number of nitrogens with one attached hydrogen (secondary N) is 1. The third-order valence-corrected chi connectivity index (χ3v) is 2.16. The largest absolute Gasteiger partial charge is 0.481 e. The van der Waals surface area contributed by atoms with E-state index in [1.807, 2.05) is 12.1 Å². The molecule has 4 heteroatoms. The van der Waals surface area contributed by atoms with Crippen LogP contribution in [-0.4, -0.2) is 22.2 Å². The molecule has 0 bridgehead atoms. The number of fused-ring (bicyclic) bond motifs is 1. The van der Waals surface area contributed by atoms with Crippen molar-refractivity contribution in [3.05, 3.63) is 24.0 Å². The van der Waals surface area contributed by atoms with Gasteiger partial charge in [0.25, 0.3) is 0 Å². The Morgan fingerprint density at radius 2 is 2.29 bits per heavy atom. The minimum Gasteiger partial charge on any atom is -0.481 e. The summed E-state index contributed by atoms with van der Waals surface area (Å²) in [6.07, 6.45) is 1.20. The summed E-state index contributed by atoms with van der Waals surface area (Å²) in [6, 6.07) is 3.72. The molecule has 0 saturated carbocycles. The van der Waals surface area contributed by atoms with Crippen molar-refractivity contribution < 1.29 is 9.84 Å². The van der Waals surface area contributed by atoms with Gasteiger partial charge in [-0.2, -0.15) is 0 Å². The number of ether oxygens (including phenoxy) is 1. The normalized spacial score (nSPS) is 13.1. The van der Waals surface area contributed by atoms with Crippen molar-refractivity contribution in [3.8, 4) is 5.88 Å². The SMILES string of the molecule is COc1cc2cc(C(C)O)[nH]c2cn1. The van der Waals surface area contributed by atoms with Crippen LogP contribution in [0.2, 0.25) is 0 Å². The fourth-order valence-electron chi connectivity index (χ4n) is 1.37. The van der Waals surface area contributed by atoms with E-state index in [4.69, 9.17) is 4.74 Å². The van der Waals surface area contributed by atoms with Gasteiger partial charge >= 0.3 is 0 Å². The molecule has 2 rings (SSSR count).